The second kappa shape index (κ2) is 9.78. The molecule has 0 heterocycles. The summed E-state index contributed by atoms with van der Waals surface area (Å²) >= 11 is 0. The zero-order chi connectivity index (χ0) is 16.8. The van der Waals surface area contributed by atoms with E-state index in [9.17, 15) is 18.0 Å². The molecule has 0 aliphatic carbocycles. The molecule has 0 aliphatic heterocycles. The first-order valence-electron chi connectivity index (χ1n) is 7.35. The summed E-state index contributed by atoms with van der Waals surface area (Å²) in [4.78, 5) is 12.0. The van der Waals surface area contributed by atoms with Crippen LogP contribution in [0.4, 0.5) is 13.2 Å². The molecule has 132 valence electrons. The van der Waals surface area contributed by atoms with Gasteiger partial charge in [-0.3, -0.25) is 4.79 Å². The Kier molecular flexibility index (Phi) is 9.24. The molecule has 1 rings (SSSR count). The van der Waals surface area contributed by atoms with E-state index in [0.29, 0.717) is 12.3 Å². The van der Waals surface area contributed by atoms with E-state index in [1.54, 1.807) is 6.07 Å². The predicted molar refractivity (Wildman–Crippen MR) is 87.5 cm³/mol. The molecule has 0 fully saturated rings. The number of alkyl halides is 3. The molecule has 0 bridgehead atoms. The lowest BCUT2D eigenvalue weighted by molar-refractivity contribution is -0.157. The van der Waals surface area contributed by atoms with E-state index >= 15 is 0 Å². The number of hydrogen-bond donors (Lipinski definition) is 2. The summed E-state index contributed by atoms with van der Waals surface area (Å²) < 4.78 is 39.6. The van der Waals surface area contributed by atoms with Crippen LogP contribution in [0.5, 0.6) is 0 Å². The van der Waals surface area contributed by atoms with Crippen molar-refractivity contribution in [1.82, 2.24) is 5.32 Å². The molecule has 0 spiro atoms. The number of rotatable bonds is 7. The largest absolute Gasteiger partial charge is 0.396 e. The lowest BCUT2D eigenvalue weighted by atomic mass is 9.94. The van der Waals surface area contributed by atoms with Crippen LogP contribution in [0.15, 0.2) is 30.3 Å². The van der Waals surface area contributed by atoms with Crippen LogP contribution in [-0.4, -0.2) is 24.7 Å². The van der Waals surface area contributed by atoms with Gasteiger partial charge in [-0.2, -0.15) is 13.2 Å². The number of halogens is 4. The molecule has 7 heteroatoms. The van der Waals surface area contributed by atoms with Crippen molar-refractivity contribution in [2.45, 2.75) is 44.8 Å². The van der Waals surface area contributed by atoms with Crippen LogP contribution in [0.3, 0.4) is 0 Å². The minimum absolute atomic E-state index is 0. The standard InChI is InChI=1S/C16H23F3N2O.ClH/c1-11(2)8-13(10-20)21-15(22)9-14(16(17,18)19)12-6-4-3-5-7-12;/h3-7,11,13-14H,8-10,20H2,1-2H3,(H,21,22);1H. The Labute approximate surface area is 141 Å². The molecule has 0 saturated heterocycles. The Morgan fingerprint density at radius 2 is 1.78 bits per heavy atom. The van der Waals surface area contributed by atoms with Gasteiger partial charge in [0.25, 0.3) is 0 Å². The average Bonchev–Trinajstić information content (AvgIpc) is 2.43. The summed E-state index contributed by atoms with van der Waals surface area (Å²) in [7, 11) is 0. The third-order valence-electron chi connectivity index (χ3n) is 3.39. The van der Waals surface area contributed by atoms with Crippen LogP contribution in [0, 0.1) is 5.92 Å². The molecule has 3 nitrogen and oxygen atoms in total. The van der Waals surface area contributed by atoms with Crippen molar-refractivity contribution in [3.05, 3.63) is 35.9 Å². The van der Waals surface area contributed by atoms with Crippen LogP contribution in [0.2, 0.25) is 0 Å². The third kappa shape index (κ3) is 7.70. The molecule has 2 atom stereocenters. The number of nitrogens with one attached hydrogen (secondary N) is 1. The topological polar surface area (TPSA) is 55.1 Å². The number of nitrogens with two attached hydrogens (primary N) is 1. The smallest absolute Gasteiger partial charge is 0.352 e. The maximum absolute atomic E-state index is 13.2. The monoisotopic (exact) mass is 352 g/mol. The minimum Gasteiger partial charge on any atom is -0.352 e. The van der Waals surface area contributed by atoms with Crippen molar-refractivity contribution >= 4 is 18.3 Å². The van der Waals surface area contributed by atoms with Gasteiger partial charge in [0.1, 0.15) is 0 Å². The molecule has 3 N–H and O–H groups in total. The van der Waals surface area contributed by atoms with Crippen molar-refractivity contribution in [2.24, 2.45) is 11.7 Å². The van der Waals surface area contributed by atoms with E-state index in [2.05, 4.69) is 5.32 Å². The molecule has 0 saturated carbocycles. The maximum Gasteiger partial charge on any atom is 0.396 e. The fourth-order valence-electron chi connectivity index (χ4n) is 2.36. The van der Waals surface area contributed by atoms with Gasteiger partial charge < -0.3 is 11.1 Å². The summed E-state index contributed by atoms with van der Waals surface area (Å²) in [6.07, 6.45) is -4.44. The zero-order valence-electron chi connectivity index (χ0n) is 13.3. The number of carbonyl (C=O) groups is 1. The number of amides is 1. The second-order valence-corrected chi connectivity index (χ2v) is 5.84. The molecule has 1 aromatic carbocycles. The van der Waals surface area contributed by atoms with Crippen molar-refractivity contribution in [3.63, 3.8) is 0 Å². The zero-order valence-corrected chi connectivity index (χ0v) is 14.1. The Bertz CT molecular complexity index is 466. The van der Waals surface area contributed by atoms with Gasteiger partial charge in [0, 0.05) is 19.0 Å². The first-order valence-corrected chi connectivity index (χ1v) is 7.35. The van der Waals surface area contributed by atoms with E-state index < -0.39 is 24.4 Å². The lowest BCUT2D eigenvalue weighted by Crippen LogP contribution is -2.42. The third-order valence-corrected chi connectivity index (χ3v) is 3.39. The summed E-state index contributed by atoms with van der Waals surface area (Å²) in [5, 5.41) is 2.61. The lowest BCUT2D eigenvalue weighted by Gasteiger charge is -2.23. The van der Waals surface area contributed by atoms with Crippen molar-refractivity contribution in [1.29, 1.82) is 0 Å². The van der Waals surface area contributed by atoms with Gasteiger partial charge >= 0.3 is 6.18 Å². The highest BCUT2D eigenvalue weighted by atomic mass is 35.5. The van der Waals surface area contributed by atoms with Gasteiger partial charge in [0.15, 0.2) is 0 Å². The van der Waals surface area contributed by atoms with Crippen molar-refractivity contribution < 1.29 is 18.0 Å². The molecule has 1 aromatic rings. The van der Waals surface area contributed by atoms with Gasteiger partial charge in [0.2, 0.25) is 5.91 Å². The quantitative estimate of drug-likeness (QED) is 0.787. The second-order valence-electron chi connectivity index (χ2n) is 5.84. The van der Waals surface area contributed by atoms with Gasteiger partial charge in [-0.1, -0.05) is 44.2 Å². The minimum atomic E-state index is -4.46. The predicted octanol–water partition coefficient (Wildman–Crippen LogP) is 3.63. The number of hydrogen-bond acceptors (Lipinski definition) is 2. The van der Waals surface area contributed by atoms with Crippen LogP contribution in [0.25, 0.3) is 0 Å². The van der Waals surface area contributed by atoms with E-state index in [0.717, 1.165) is 0 Å². The fraction of sp³-hybridized carbons (Fsp3) is 0.562. The van der Waals surface area contributed by atoms with Gasteiger partial charge in [-0.05, 0) is 17.9 Å². The normalized spacial score (nSPS) is 14.0. The highest BCUT2D eigenvalue weighted by molar-refractivity contribution is 5.85. The Morgan fingerprint density at radius 3 is 2.22 bits per heavy atom. The molecule has 1 amide bonds. The van der Waals surface area contributed by atoms with Crippen molar-refractivity contribution in [3.8, 4) is 0 Å². The Balaban J connectivity index is 0.00000484. The van der Waals surface area contributed by atoms with Crippen LogP contribution in [-0.2, 0) is 4.79 Å². The summed E-state index contributed by atoms with van der Waals surface area (Å²) in [5.74, 6) is -2.12. The van der Waals surface area contributed by atoms with Gasteiger partial charge in [-0.25, -0.2) is 0 Å². The summed E-state index contributed by atoms with van der Waals surface area (Å²) in [5.41, 5.74) is 5.66. The molecular formula is C16H24ClF3N2O. The van der Waals surface area contributed by atoms with Crippen molar-refractivity contribution in [2.75, 3.05) is 6.54 Å². The average molecular weight is 353 g/mol. The number of carbonyl (C=O) groups excluding carboxylic acids is 1. The Morgan fingerprint density at radius 1 is 1.22 bits per heavy atom. The highest BCUT2D eigenvalue weighted by Crippen LogP contribution is 2.37. The van der Waals surface area contributed by atoms with E-state index in [4.69, 9.17) is 5.73 Å². The fourth-order valence-corrected chi connectivity index (χ4v) is 2.36. The van der Waals surface area contributed by atoms with E-state index in [-0.39, 0.29) is 30.6 Å². The van der Waals surface area contributed by atoms with E-state index in [1.807, 2.05) is 13.8 Å². The van der Waals surface area contributed by atoms with Crippen LogP contribution in [0.1, 0.15) is 38.2 Å². The molecule has 23 heavy (non-hydrogen) atoms. The molecule has 0 radical (unpaired) electrons. The first-order chi connectivity index (χ1) is 10.2. The maximum atomic E-state index is 13.2. The molecule has 2 unspecified atom stereocenters. The summed E-state index contributed by atoms with van der Waals surface area (Å²) in [6, 6.07) is 7.20. The van der Waals surface area contributed by atoms with Crippen LogP contribution < -0.4 is 11.1 Å². The van der Waals surface area contributed by atoms with E-state index in [1.165, 1.54) is 24.3 Å². The summed E-state index contributed by atoms with van der Waals surface area (Å²) in [6.45, 7) is 4.15. The van der Waals surface area contributed by atoms with Gasteiger partial charge in [-0.15, -0.1) is 12.4 Å². The Hall–Kier alpha value is -1.27. The van der Waals surface area contributed by atoms with Crippen LogP contribution >= 0.6 is 12.4 Å². The molecule has 0 aromatic heterocycles. The molecule has 0 aliphatic rings. The highest BCUT2D eigenvalue weighted by Gasteiger charge is 2.41. The SMILES string of the molecule is CC(C)CC(CN)NC(=O)CC(c1ccccc1)C(F)(F)F.Cl. The number of benzene rings is 1. The molecular weight excluding hydrogens is 329 g/mol. The first kappa shape index (κ1) is 21.7. The van der Waals surface area contributed by atoms with Gasteiger partial charge in [0.05, 0.1) is 5.92 Å².